The Morgan fingerprint density at radius 3 is 2.86 bits per heavy atom. The van der Waals surface area contributed by atoms with Crippen LogP contribution in [-0.2, 0) is 0 Å². The van der Waals surface area contributed by atoms with Gasteiger partial charge in [-0.15, -0.1) is 0 Å². The minimum atomic E-state index is -0.374. The first-order valence-electron chi connectivity index (χ1n) is 10.9. The van der Waals surface area contributed by atoms with Gasteiger partial charge >= 0.3 is 0 Å². The Hall–Kier alpha value is -1.75. The molecule has 0 aromatic rings. The van der Waals surface area contributed by atoms with E-state index in [0.717, 1.165) is 56.6 Å². The number of aliphatic imine (C=N–C) groups is 1. The molecule has 0 aromatic heterocycles. The first-order chi connectivity index (χ1) is 14.0. The van der Waals surface area contributed by atoms with Crippen molar-refractivity contribution in [3.05, 3.63) is 58.9 Å². The summed E-state index contributed by atoms with van der Waals surface area (Å²) in [5, 5.41) is 13.8. The van der Waals surface area contributed by atoms with Gasteiger partial charge in [0.05, 0.1) is 6.10 Å². The first kappa shape index (κ1) is 25.3. The molecule has 0 aliphatic heterocycles. The fraction of sp³-hybridized carbons (Fsp3) is 0.560. The zero-order valence-electron chi connectivity index (χ0n) is 19.0. The summed E-state index contributed by atoms with van der Waals surface area (Å²) in [6.07, 6.45) is 16.6. The molecule has 0 saturated heterocycles. The number of hydrogen-bond donors (Lipinski definition) is 2. The standard InChI is InChI=1S/C25H41N3O/c1-6-12-22(4)25(26-5)15-17-27-19-24(29)20-28(7-2)18-16-23-14-11-9-8-10-13-21(23)3/h6,8,10-12,14,24,27,29H,5,7,9,13,15-20H2,1-4H3/b10-8-,12-6-,14-11?,23-21?,25-22-. The second kappa shape index (κ2) is 15.1. The van der Waals surface area contributed by atoms with Gasteiger partial charge in [0.25, 0.3) is 0 Å². The summed E-state index contributed by atoms with van der Waals surface area (Å²) in [6, 6.07) is 0. The Bertz CT molecular complexity index is 640. The van der Waals surface area contributed by atoms with Crippen molar-refractivity contribution in [2.24, 2.45) is 4.99 Å². The lowest BCUT2D eigenvalue weighted by atomic mass is 10.00. The van der Waals surface area contributed by atoms with E-state index in [-0.39, 0.29) is 6.10 Å². The topological polar surface area (TPSA) is 47.9 Å². The molecule has 1 aliphatic carbocycles. The second-order valence-electron chi connectivity index (χ2n) is 7.66. The maximum absolute atomic E-state index is 10.4. The predicted molar refractivity (Wildman–Crippen MR) is 128 cm³/mol. The molecule has 0 radical (unpaired) electrons. The molecular weight excluding hydrogens is 358 g/mol. The van der Waals surface area contributed by atoms with Crippen molar-refractivity contribution in [2.45, 2.75) is 59.5 Å². The summed E-state index contributed by atoms with van der Waals surface area (Å²) in [5.41, 5.74) is 5.04. The molecule has 0 fully saturated rings. The van der Waals surface area contributed by atoms with Gasteiger partial charge in [-0.3, -0.25) is 4.99 Å². The molecule has 4 nitrogen and oxygen atoms in total. The van der Waals surface area contributed by atoms with Gasteiger partial charge in [0.2, 0.25) is 0 Å². The quantitative estimate of drug-likeness (QED) is 0.202. The summed E-state index contributed by atoms with van der Waals surface area (Å²) in [7, 11) is 0. The Morgan fingerprint density at radius 1 is 1.38 bits per heavy atom. The lowest BCUT2D eigenvalue weighted by Crippen LogP contribution is -2.39. The van der Waals surface area contributed by atoms with Crippen LogP contribution in [0.15, 0.2) is 63.9 Å². The van der Waals surface area contributed by atoms with Crippen molar-refractivity contribution in [2.75, 3.05) is 32.7 Å². The minimum absolute atomic E-state index is 0.374. The monoisotopic (exact) mass is 399 g/mol. The Labute approximate surface area is 178 Å². The van der Waals surface area contributed by atoms with E-state index in [1.54, 1.807) is 0 Å². The molecule has 162 valence electrons. The van der Waals surface area contributed by atoms with Crippen molar-refractivity contribution in [1.82, 2.24) is 10.2 Å². The van der Waals surface area contributed by atoms with E-state index in [1.165, 1.54) is 11.1 Å². The van der Waals surface area contributed by atoms with E-state index in [1.807, 2.05) is 13.0 Å². The van der Waals surface area contributed by atoms with Crippen molar-refractivity contribution in [1.29, 1.82) is 0 Å². The largest absolute Gasteiger partial charge is 0.390 e. The molecule has 29 heavy (non-hydrogen) atoms. The molecule has 0 saturated carbocycles. The van der Waals surface area contributed by atoms with E-state index in [0.29, 0.717) is 13.1 Å². The van der Waals surface area contributed by atoms with Gasteiger partial charge in [-0.1, -0.05) is 49.0 Å². The summed E-state index contributed by atoms with van der Waals surface area (Å²) in [4.78, 5) is 6.46. The number of nitrogens with one attached hydrogen (secondary N) is 1. The number of nitrogens with zero attached hydrogens (tertiary/aromatic N) is 2. The van der Waals surface area contributed by atoms with Crippen LogP contribution in [0.5, 0.6) is 0 Å². The molecule has 1 atom stereocenters. The third kappa shape index (κ3) is 10.6. The van der Waals surface area contributed by atoms with E-state index in [4.69, 9.17) is 0 Å². The molecule has 2 N–H and O–H groups in total. The van der Waals surface area contributed by atoms with Crippen LogP contribution in [0, 0.1) is 0 Å². The molecule has 0 heterocycles. The van der Waals surface area contributed by atoms with E-state index >= 15 is 0 Å². The van der Waals surface area contributed by atoms with E-state index in [9.17, 15) is 5.11 Å². The molecule has 1 rings (SSSR count). The molecule has 0 bridgehead atoms. The highest BCUT2D eigenvalue weighted by atomic mass is 16.3. The minimum Gasteiger partial charge on any atom is -0.390 e. The lowest BCUT2D eigenvalue weighted by Gasteiger charge is -2.24. The highest BCUT2D eigenvalue weighted by Gasteiger charge is 2.11. The number of rotatable bonds is 13. The summed E-state index contributed by atoms with van der Waals surface area (Å²) in [6.45, 7) is 16.1. The number of likely N-dealkylation sites (N-methyl/N-ethyl adjacent to an activating group) is 1. The molecule has 4 heteroatoms. The highest BCUT2D eigenvalue weighted by molar-refractivity contribution is 5.33. The van der Waals surface area contributed by atoms with Crippen LogP contribution in [0.2, 0.25) is 0 Å². The number of aliphatic hydroxyl groups excluding tert-OH is 1. The molecule has 1 aliphatic rings. The number of allylic oxidation sites excluding steroid dienone is 8. The first-order valence-corrected chi connectivity index (χ1v) is 10.9. The van der Waals surface area contributed by atoms with Crippen LogP contribution in [0.3, 0.4) is 0 Å². The summed E-state index contributed by atoms with van der Waals surface area (Å²) >= 11 is 0. The van der Waals surface area contributed by atoms with Crippen molar-refractivity contribution >= 4 is 6.72 Å². The van der Waals surface area contributed by atoms with E-state index < -0.39 is 0 Å². The molecule has 0 spiro atoms. The molecular formula is C25H41N3O. The average molecular weight is 400 g/mol. The normalized spacial score (nSPS) is 18.0. The van der Waals surface area contributed by atoms with Gasteiger partial charge in [0, 0.05) is 38.3 Å². The average Bonchev–Trinajstić information content (AvgIpc) is 2.69. The molecule has 1 unspecified atom stereocenters. The maximum atomic E-state index is 10.4. The van der Waals surface area contributed by atoms with Crippen molar-refractivity contribution in [3.63, 3.8) is 0 Å². The maximum Gasteiger partial charge on any atom is 0.0791 e. The number of hydrogen-bond acceptors (Lipinski definition) is 4. The SMILES string of the molecule is C=N/C(CCNCC(O)CN(CC)CCC1=C(C)C/C=C\CC=C1)=C(C)\C=C/C. The fourth-order valence-electron chi connectivity index (χ4n) is 3.46. The van der Waals surface area contributed by atoms with Gasteiger partial charge in [-0.05, 0) is 64.4 Å². The Morgan fingerprint density at radius 2 is 2.17 bits per heavy atom. The Balaban J connectivity index is 2.40. The summed E-state index contributed by atoms with van der Waals surface area (Å²) < 4.78 is 0. The van der Waals surface area contributed by atoms with Gasteiger partial charge in [-0.2, -0.15) is 0 Å². The lowest BCUT2D eigenvalue weighted by molar-refractivity contribution is 0.115. The smallest absolute Gasteiger partial charge is 0.0791 e. The van der Waals surface area contributed by atoms with Crippen LogP contribution in [-0.4, -0.2) is 55.6 Å². The van der Waals surface area contributed by atoms with Crippen LogP contribution in [0.25, 0.3) is 0 Å². The second-order valence-corrected chi connectivity index (χ2v) is 7.66. The van der Waals surface area contributed by atoms with Crippen LogP contribution in [0.4, 0.5) is 0 Å². The van der Waals surface area contributed by atoms with Gasteiger partial charge in [0.1, 0.15) is 0 Å². The van der Waals surface area contributed by atoms with Gasteiger partial charge < -0.3 is 15.3 Å². The third-order valence-corrected chi connectivity index (χ3v) is 5.32. The predicted octanol–water partition coefficient (Wildman–Crippen LogP) is 4.81. The summed E-state index contributed by atoms with van der Waals surface area (Å²) in [5.74, 6) is 0. The molecule has 0 amide bonds. The zero-order chi connectivity index (χ0) is 21.5. The zero-order valence-corrected chi connectivity index (χ0v) is 19.0. The molecule has 0 aromatic carbocycles. The third-order valence-electron chi connectivity index (χ3n) is 5.32. The van der Waals surface area contributed by atoms with Crippen LogP contribution >= 0.6 is 0 Å². The fourth-order valence-corrected chi connectivity index (χ4v) is 3.46. The van der Waals surface area contributed by atoms with Gasteiger partial charge in [0.15, 0.2) is 0 Å². The van der Waals surface area contributed by atoms with E-state index in [2.05, 4.69) is 73.1 Å². The van der Waals surface area contributed by atoms with Crippen molar-refractivity contribution < 1.29 is 5.11 Å². The Kier molecular flexibility index (Phi) is 13.2. The highest BCUT2D eigenvalue weighted by Crippen LogP contribution is 2.18. The van der Waals surface area contributed by atoms with Gasteiger partial charge in [-0.25, -0.2) is 0 Å². The van der Waals surface area contributed by atoms with Crippen molar-refractivity contribution in [3.8, 4) is 0 Å². The van der Waals surface area contributed by atoms with Crippen LogP contribution in [0.1, 0.15) is 53.4 Å². The number of aliphatic hydroxyl groups is 1. The van der Waals surface area contributed by atoms with Crippen LogP contribution < -0.4 is 5.32 Å².